The first kappa shape index (κ1) is 14.0. The number of carbonyl (C=O) groups is 1. The maximum absolute atomic E-state index is 13.6. The molecule has 2 aromatic rings. The van der Waals surface area contributed by atoms with E-state index in [9.17, 15) is 9.18 Å². The summed E-state index contributed by atoms with van der Waals surface area (Å²) in [6, 6.07) is 6.24. The summed E-state index contributed by atoms with van der Waals surface area (Å²) in [7, 11) is 0. The van der Waals surface area contributed by atoms with E-state index >= 15 is 0 Å². The van der Waals surface area contributed by atoms with Crippen LogP contribution < -0.4 is 5.32 Å². The number of carbonyl (C=O) groups excluding carboxylic acids is 1. The molecule has 0 saturated heterocycles. The molecule has 3 nitrogen and oxygen atoms in total. The molecule has 2 atom stereocenters. The van der Waals surface area contributed by atoms with Crippen molar-refractivity contribution in [2.75, 3.05) is 6.61 Å². The van der Waals surface area contributed by atoms with Crippen LogP contribution >= 0.6 is 11.3 Å². The standard InChI is InChI=1S/C14H16FNO2S/c1-8(7-17)9(2)16-14(18)13-6-10-11(15)4-3-5-12(10)19-13/h3-6,8-9,17H,7H2,1-2H3,(H,16,18). The molecule has 0 aliphatic carbocycles. The SMILES string of the molecule is CC(CO)C(C)NC(=O)c1cc2c(F)cccc2s1. The van der Waals surface area contributed by atoms with Crippen LogP contribution in [0.1, 0.15) is 23.5 Å². The lowest BCUT2D eigenvalue weighted by atomic mass is 10.1. The van der Waals surface area contributed by atoms with Gasteiger partial charge in [0, 0.05) is 22.7 Å². The molecule has 0 spiro atoms. The Kier molecular flexibility index (Phi) is 4.17. The number of nitrogens with one attached hydrogen (secondary N) is 1. The van der Waals surface area contributed by atoms with Crippen molar-refractivity contribution in [3.8, 4) is 0 Å². The number of aliphatic hydroxyl groups excluding tert-OH is 1. The third-order valence-electron chi connectivity index (χ3n) is 3.23. The van der Waals surface area contributed by atoms with Gasteiger partial charge < -0.3 is 10.4 Å². The van der Waals surface area contributed by atoms with Crippen LogP contribution in [0, 0.1) is 11.7 Å². The molecule has 5 heteroatoms. The van der Waals surface area contributed by atoms with Crippen LogP contribution in [-0.4, -0.2) is 23.7 Å². The van der Waals surface area contributed by atoms with E-state index in [-0.39, 0.29) is 30.3 Å². The lowest BCUT2D eigenvalue weighted by Crippen LogP contribution is -2.37. The summed E-state index contributed by atoms with van der Waals surface area (Å²) in [5.41, 5.74) is 0. The Balaban J connectivity index is 2.20. The highest BCUT2D eigenvalue weighted by Gasteiger charge is 2.17. The molecule has 0 saturated carbocycles. The van der Waals surface area contributed by atoms with E-state index in [1.807, 2.05) is 13.8 Å². The van der Waals surface area contributed by atoms with E-state index in [1.165, 1.54) is 17.4 Å². The van der Waals surface area contributed by atoms with Crippen LogP contribution in [0.2, 0.25) is 0 Å². The molecule has 2 unspecified atom stereocenters. The zero-order valence-corrected chi connectivity index (χ0v) is 11.6. The fourth-order valence-electron chi connectivity index (χ4n) is 1.72. The fraction of sp³-hybridized carbons (Fsp3) is 0.357. The Bertz CT molecular complexity index is 596. The Labute approximate surface area is 115 Å². The molecule has 19 heavy (non-hydrogen) atoms. The predicted molar refractivity (Wildman–Crippen MR) is 75.0 cm³/mol. The first-order valence-electron chi connectivity index (χ1n) is 6.12. The van der Waals surface area contributed by atoms with E-state index < -0.39 is 0 Å². The van der Waals surface area contributed by atoms with Crippen LogP contribution in [0.5, 0.6) is 0 Å². The summed E-state index contributed by atoms with van der Waals surface area (Å²) < 4.78 is 14.3. The molecule has 0 aliphatic heterocycles. The number of fused-ring (bicyclic) bond motifs is 1. The van der Waals surface area contributed by atoms with Gasteiger partial charge in [-0.05, 0) is 31.0 Å². The van der Waals surface area contributed by atoms with Gasteiger partial charge in [-0.15, -0.1) is 11.3 Å². The Morgan fingerprint density at radius 2 is 2.21 bits per heavy atom. The molecule has 2 rings (SSSR count). The number of benzene rings is 1. The van der Waals surface area contributed by atoms with Crippen LogP contribution in [-0.2, 0) is 0 Å². The summed E-state index contributed by atoms with van der Waals surface area (Å²) >= 11 is 1.27. The Morgan fingerprint density at radius 1 is 1.47 bits per heavy atom. The van der Waals surface area contributed by atoms with Gasteiger partial charge in [0.15, 0.2) is 0 Å². The minimum atomic E-state index is -0.315. The van der Waals surface area contributed by atoms with Gasteiger partial charge in [0.1, 0.15) is 5.82 Å². The maximum atomic E-state index is 13.6. The second-order valence-corrected chi connectivity index (χ2v) is 5.77. The van der Waals surface area contributed by atoms with Gasteiger partial charge in [-0.3, -0.25) is 4.79 Å². The first-order chi connectivity index (χ1) is 9.02. The molecule has 0 fully saturated rings. The van der Waals surface area contributed by atoms with E-state index in [2.05, 4.69) is 5.32 Å². The third kappa shape index (κ3) is 2.93. The lowest BCUT2D eigenvalue weighted by Gasteiger charge is -2.18. The predicted octanol–water partition coefficient (Wildman–Crippen LogP) is 2.79. The summed E-state index contributed by atoms with van der Waals surface area (Å²) in [5.74, 6) is -0.562. The highest BCUT2D eigenvalue weighted by Crippen LogP contribution is 2.27. The van der Waals surface area contributed by atoms with Gasteiger partial charge in [-0.1, -0.05) is 13.0 Å². The van der Waals surface area contributed by atoms with Crippen LogP contribution in [0.25, 0.3) is 10.1 Å². The smallest absolute Gasteiger partial charge is 0.261 e. The molecule has 0 radical (unpaired) electrons. The number of rotatable bonds is 4. The Morgan fingerprint density at radius 3 is 2.84 bits per heavy atom. The second-order valence-electron chi connectivity index (χ2n) is 4.68. The van der Waals surface area contributed by atoms with E-state index in [4.69, 9.17) is 5.11 Å². The van der Waals surface area contributed by atoms with Gasteiger partial charge in [0.2, 0.25) is 0 Å². The quantitative estimate of drug-likeness (QED) is 0.905. The minimum absolute atomic E-state index is 0.0164. The van der Waals surface area contributed by atoms with Gasteiger partial charge in [-0.2, -0.15) is 0 Å². The summed E-state index contributed by atoms with van der Waals surface area (Å²) in [5, 5.41) is 12.3. The first-order valence-corrected chi connectivity index (χ1v) is 6.94. The zero-order valence-electron chi connectivity index (χ0n) is 10.8. The minimum Gasteiger partial charge on any atom is -0.396 e. The summed E-state index contributed by atoms with van der Waals surface area (Å²) in [4.78, 5) is 12.5. The fourth-order valence-corrected chi connectivity index (χ4v) is 2.69. The maximum Gasteiger partial charge on any atom is 0.261 e. The van der Waals surface area contributed by atoms with Crippen molar-refractivity contribution >= 4 is 27.3 Å². The van der Waals surface area contributed by atoms with E-state index in [1.54, 1.807) is 18.2 Å². The third-order valence-corrected chi connectivity index (χ3v) is 4.33. The van der Waals surface area contributed by atoms with Crippen molar-refractivity contribution in [3.63, 3.8) is 0 Å². The zero-order chi connectivity index (χ0) is 14.0. The van der Waals surface area contributed by atoms with Crippen molar-refractivity contribution in [2.45, 2.75) is 19.9 Å². The van der Waals surface area contributed by atoms with Crippen molar-refractivity contribution < 1.29 is 14.3 Å². The van der Waals surface area contributed by atoms with Gasteiger partial charge in [0.05, 0.1) is 4.88 Å². The molecule has 2 N–H and O–H groups in total. The number of hydrogen-bond acceptors (Lipinski definition) is 3. The largest absolute Gasteiger partial charge is 0.396 e. The summed E-state index contributed by atoms with van der Waals surface area (Å²) in [6.45, 7) is 3.71. The number of halogens is 1. The number of hydrogen-bond donors (Lipinski definition) is 2. The average Bonchev–Trinajstić information content (AvgIpc) is 2.83. The molecule has 102 valence electrons. The van der Waals surface area contributed by atoms with Crippen molar-refractivity contribution in [3.05, 3.63) is 35.0 Å². The molecular formula is C14H16FNO2S. The lowest BCUT2D eigenvalue weighted by molar-refractivity contribution is 0.0920. The van der Waals surface area contributed by atoms with Crippen LogP contribution in [0.4, 0.5) is 4.39 Å². The van der Waals surface area contributed by atoms with Gasteiger partial charge >= 0.3 is 0 Å². The molecule has 1 aromatic heterocycles. The Hall–Kier alpha value is -1.46. The highest BCUT2D eigenvalue weighted by molar-refractivity contribution is 7.20. The van der Waals surface area contributed by atoms with Gasteiger partial charge in [-0.25, -0.2) is 4.39 Å². The molecular weight excluding hydrogens is 265 g/mol. The van der Waals surface area contributed by atoms with Crippen molar-refractivity contribution in [1.29, 1.82) is 0 Å². The van der Waals surface area contributed by atoms with Crippen LogP contribution in [0.3, 0.4) is 0 Å². The topological polar surface area (TPSA) is 49.3 Å². The molecule has 0 aliphatic rings. The van der Waals surface area contributed by atoms with E-state index in [0.717, 1.165) is 4.70 Å². The highest BCUT2D eigenvalue weighted by atomic mass is 32.1. The van der Waals surface area contributed by atoms with Crippen molar-refractivity contribution in [2.24, 2.45) is 5.92 Å². The molecule has 1 amide bonds. The molecule has 1 heterocycles. The summed E-state index contributed by atoms with van der Waals surface area (Å²) in [6.07, 6.45) is 0. The van der Waals surface area contributed by atoms with Gasteiger partial charge in [0.25, 0.3) is 5.91 Å². The molecule has 1 aromatic carbocycles. The number of thiophene rings is 1. The normalized spacial score (nSPS) is 14.3. The van der Waals surface area contributed by atoms with Crippen molar-refractivity contribution in [1.82, 2.24) is 5.32 Å². The van der Waals surface area contributed by atoms with Crippen LogP contribution in [0.15, 0.2) is 24.3 Å². The number of aliphatic hydroxyl groups is 1. The average molecular weight is 281 g/mol. The molecule has 0 bridgehead atoms. The second kappa shape index (κ2) is 5.67. The number of amides is 1. The monoisotopic (exact) mass is 281 g/mol. The van der Waals surface area contributed by atoms with E-state index in [0.29, 0.717) is 10.3 Å².